The van der Waals surface area contributed by atoms with E-state index >= 15 is 0 Å². The van der Waals surface area contributed by atoms with Crippen LogP contribution in [-0.4, -0.2) is 11.7 Å². The van der Waals surface area contributed by atoms with Gasteiger partial charge in [0.2, 0.25) is 5.88 Å². The largest absolute Gasteiger partial charge is 0.439 e. The predicted octanol–water partition coefficient (Wildman–Crippen LogP) is 3.35. The Morgan fingerprint density at radius 3 is 2.44 bits per heavy atom. The number of aliphatic imine (C=N–C) groups is 1. The molecule has 2 rings (SSSR count). The van der Waals surface area contributed by atoms with Gasteiger partial charge in [-0.2, -0.15) is 0 Å². The number of hydrogen-bond donors (Lipinski definition) is 0. The van der Waals surface area contributed by atoms with Gasteiger partial charge in [0.15, 0.2) is 0 Å². The van der Waals surface area contributed by atoms with Crippen LogP contribution in [0.5, 0.6) is 11.6 Å². The Balaban J connectivity index is 2.14. The van der Waals surface area contributed by atoms with Crippen molar-refractivity contribution in [3.05, 3.63) is 48.4 Å². The van der Waals surface area contributed by atoms with E-state index < -0.39 is 5.82 Å². The minimum Gasteiger partial charge on any atom is -0.439 e. The molecule has 0 atom stereocenters. The molecule has 16 heavy (non-hydrogen) atoms. The van der Waals surface area contributed by atoms with Crippen molar-refractivity contribution in [2.24, 2.45) is 4.99 Å². The quantitative estimate of drug-likeness (QED) is 0.737. The van der Waals surface area contributed by atoms with Crippen LogP contribution >= 0.6 is 0 Å². The molecular weight excluding hydrogens is 207 g/mol. The molecule has 0 saturated heterocycles. The average Bonchev–Trinajstić information content (AvgIpc) is 2.33. The molecule has 0 aliphatic rings. The topological polar surface area (TPSA) is 34.5 Å². The van der Waals surface area contributed by atoms with Gasteiger partial charge in [-0.15, -0.1) is 0 Å². The molecule has 0 amide bonds. The van der Waals surface area contributed by atoms with Crippen molar-refractivity contribution in [1.29, 1.82) is 0 Å². The molecule has 0 aliphatic carbocycles. The van der Waals surface area contributed by atoms with Gasteiger partial charge in [-0.25, -0.2) is 9.37 Å². The highest BCUT2D eigenvalue weighted by Gasteiger charge is 1.98. The van der Waals surface area contributed by atoms with Crippen LogP contribution in [0.1, 0.15) is 0 Å². The zero-order valence-electron chi connectivity index (χ0n) is 8.43. The minimum absolute atomic E-state index is 0.348. The summed E-state index contributed by atoms with van der Waals surface area (Å²) in [6.07, 6.45) is 1.11. The van der Waals surface area contributed by atoms with Crippen molar-refractivity contribution in [2.45, 2.75) is 0 Å². The van der Waals surface area contributed by atoms with E-state index in [2.05, 4.69) is 16.7 Å². The van der Waals surface area contributed by atoms with Gasteiger partial charge < -0.3 is 4.74 Å². The summed E-state index contributed by atoms with van der Waals surface area (Å²) in [6, 6.07) is 9.79. The molecule has 4 heteroatoms. The first-order chi connectivity index (χ1) is 7.78. The van der Waals surface area contributed by atoms with Crippen molar-refractivity contribution in [3.8, 4) is 11.6 Å². The first kappa shape index (κ1) is 10.3. The lowest BCUT2D eigenvalue weighted by Gasteiger charge is -2.04. The summed E-state index contributed by atoms with van der Waals surface area (Å²) < 4.78 is 18.0. The second-order valence-electron chi connectivity index (χ2n) is 3.07. The van der Waals surface area contributed by atoms with Crippen molar-refractivity contribution in [3.63, 3.8) is 0 Å². The maximum absolute atomic E-state index is 12.6. The third-order valence-corrected chi connectivity index (χ3v) is 1.94. The molecular formula is C12H9FN2O. The van der Waals surface area contributed by atoms with Crippen molar-refractivity contribution >= 4 is 12.4 Å². The van der Waals surface area contributed by atoms with Crippen molar-refractivity contribution in [1.82, 2.24) is 4.98 Å². The maximum Gasteiger partial charge on any atom is 0.219 e. The third-order valence-electron chi connectivity index (χ3n) is 1.94. The zero-order chi connectivity index (χ0) is 11.4. The van der Waals surface area contributed by atoms with Gasteiger partial charge in [0.1, 0.15) is 11.6 Å². The van der Waals surface area contributed by atoms with Crippen LogP contribution in [0.4, 0.5) is 10.1 Å². The lowest BCUT2D eigenvalue weighted by molar-refractivity contribution is 0.459. The fourth-order valence-corrected chi connectivity index (χ4v) is 1.16. The molecule has 0 N–H and O–H groups in total. The van der Waals surface area contributed by atoms with Crippen LogP contribution in [-0.2, 0) is 0 Å². The van der Waals surface area contributed by atoms with Gasteiger partial charge in [-0.05, 0) is 37.0 Å². The standard InChI is InChI=1S/C12H9FN2O/c1-14-10-3-5-11(6-4-10)16-12-7-2-9(13)8-15-12/h2-8H,1H2. The molecule has 0 bridgehead atoms. The second kappa shape index (κ2) is 4.53. The van der Waals surface area contributed by atoms with E-state index in [0.717, 1.165) is 11.9 Å². The fraction of sp³-hybridized carbons (Fsp3) is 0. The van der Waals surface area contributed by atoms with E-state index in [1.165, 1.54) is 12.1 Å². The molecule has 0 saturated carbocycles. The van der Waals surface area contributed by atoms with Crippen molar-refractivity contribution < 1.29 is 9.13 Å². The summed E-state index contributed by atoms with van der Waals surface area (Å²) in [7, 11) is 0. The molecule has 0 spiro atoms. The molecule has 0 aliphatic heterocycles. The lowest BCUT2D eigenvalue weighted by atomic mass is 10.3. The number of nitrogens with zero attached hydrogens (tertiary/aromatic N) is 2. The van der Waals surface area contributed by atoms with Crippen LogP contribution in [0.25, 0.3) is 0 Å². The summed E-state index contributed by atoms with van der Waals surface area (Å²) in [5.41, 5.74) is 0.763. The number of ether oxygens (including phenoxy) is 1. The summed E-state index contributed by atoms with van der Waals surface area (Å²) in [5, 5.41) is 0. The normalized spacial score (nSPS) is 9.81. The van der Waals surface area contributed by atoms with Crippen LogP contribution < -0.4 is 4.74 Å². The van der Waals surface area contributed by atoms with E-state index in [0.29, 0.717) is 11.6 Å². The first-order valence-corrected chi connectivity index (χ1v) is 4.64. The van der Waals surface area contributed by atoms with Gasteiger partial charge in [0.25, 0.3) is 0 Å². The monoisotopic (exact) mass is 216 g/mol. The smallest absolute Gasteiger partial charge is 0.219 e. The molecule has 80 valence electrons. The van der Waals surface area contributed by atoms with Gasteiger partial charge in [-0.1, -0.05) is 0 Å². The van der Waals surface area contributed by atoms with Gasteiger partial charge in [0, 0.05) is 6.07 Å². The third kappa shape index (κ3) is 2.42. The second-order valence-corrected chi connectivity index (χ2v) is 3.07. The average molecular weight is 216 g/mol. The number of pyridine rings is 1. The number of rotatable bonds is 3. The Morgan fingerprint density at radius 1 is 1.12 bits per heavy atom. The summed E-state index contributed by atoms with van der Waals surface area (Å²) in [5.74, 6) is 0.575. The van der Waals surface area contributed by atoms with Gasteiger partial charge in [-0.3, -0.25) is 4.99 Å². The Morgan fingerprint density at radius 2 is 1.88 bits per heavy atom. The first-order valence-electron chi connectivity index (χ1n) is 4.64. The SMILES string of the molecule is C=Nc1ccc(Oc2ccc(F)cn2)cc1. The maximum atomic E-state index is 12.6. The Hall–Kier alpha value is -2.23. The molecule has 1 aromatic carbocycles. The lowest BCUT2D eigenvalue weighted by Crippen LogP contribution is -1.87. The number of benzene rings is 1. The fourth-order valence-electron chi connectivity index (χ4n) is 1.16. The summed E-state index contributed by atoms with van der Waals surface area (Å²) >= 11 is 0. The van der Waals surface area contributed by atoms with Gasteiger partial charge in [0.05, 0.1) is 11.9 Å². The molecule has 0 unspecified atom stereocenters. The molecule has 2 aromatic rings. The highest BCUT2D eigenvalue weighted by molar-refractivity contribution is 5.47. The molecule has 1 heterocycles. The zero-order valence-corrected chi connectivity index (χ0v) is 8.43. The number of aromatic nitrogens is 1. The highest BCUT2D eigenvalue weighted by atomic mass is 19.1. The van der Waals surface area contributed by atoms with Gasteiger partial charge >= 0.3 is 0 Å². The molecule has 0 radical (unpaired) electrons. The number of hydrogen-bond acceptors (Lipinski definition) is 3. The predicted molar refractivity (Wildman–Crippen MR) is 59.9 cm³/mol. The van der Waals surface area contributed by atoms with Crippen LogP contribution in [0.15, 0.2) is 47.6 Å². The van der Waals surface area contributed by atoms with E-state index in [9.17, 15) is 4.39 Å². The van der Waals surface area contributed by atoms with E-state index in [1.54, 1.807) is 24.3 Å². The van der Waals surface area contributed by atoms with Crippen molar-refractivity contribution in [2.75, 3.05) is 0 Å². The van der Waals surface area contributed by atoms with Crippen LogP contribution in [0.3, 0.4) is 0 Å². The van der Waals surface area contributed by atoms with Crippen LogP contribution in [0.2, 0.25) is 0 Å². The Labute approximate surface area is 92.2 Å². The molecule has 1 aromatic heterocycles. The Kier molecular flexibility index (Phi) is 2.91. The minimum atomic E-state index is -0.390. The van der Waals surface area contributed by atoms with Crippen LogP contribution in [0, 0.1) is 5.82 Å². The summed E-state index contributed by atoms with van der Waals surface area (Å²) in [4.78, 5) is 7.54. The Bertz CT molecular complexity index is 479. The van der Waals surface area contributed by atoms with E-state index in [4.69, 9.17) is 4.74 Å². The summed E-state index contributed by atoms with van der Waals surface area (Å²) in [6.45, 7) is 3.41. The highest BCUT2D eigenvalue weighted by Crippen LogP contribution is 2.22. The molecule has 3 nitrogen and oxygen atoms in total. The number of halogens is 1. The van der Waals surface area contributed by atoms with E-state index in [1.807, 2.05) is 0 Å². The molecule has 0 fully saturated rings. The van der Waals surface area contributed by atoms with E-state index in [-0.39, 0.29) is 0 Å².